The molecule has 0 amide bonds. The zero-order chi connectivity index (χ0) is 23.4. The SMILES string of the molecule is CCCCCCCCCCc1cc(C)sc1-c1ccc2c(c1)C(=O)C(=O)c1cc(C)ccc1-2. The lowest BCUT2D eigenvalue weighted by Gasteiger charge is -2.19. The van der Waals surface area contributed by atoms with Crippen molar-refractivity contribution >= 4 is 22.9 Å². The summed E-state index contributed by atoms with van der Waals surface area (Å²) >= 11 is 1.79. The summed E-state index contributed by atoms with van der Waals surface area (Å²) in [4.78, 5) is 28.3. The van der Waals surface area contributed by atoms with Crippen LogP contribution in [-0.2, 0) is 6.42 Å². The number of aryl methyl sites for hydroxylation is 3. The van der Waals surface area contributed by atoms with Crippen LogP contribution in [0.5, 0.6) is 0 Å². The number of hydrogen-bond donors (Lipinski definition) is 0. The van der Waals surface area contributed by atoms with Gasteiger partial charge in [0.25, 0.3) is 0 Å². The molecule has 0 saturated heterocycles. The van der Waals surface area contributed by atoms with Crippen molar-refractivity contribution in [3.63, 3.8) is 0 Å². The van der Waals surface area contributed by atoms with Crippen molar-refractivity contribution in [3.8, 4) is 21.6 Å². The Hall–Kier alpha value is -2.52. The van der Waals surface area contributed by atoms with Crippen LogP contribution in [0.3, 0.4) is 0 Å². The van der Waals surface area contributed by atoms with Crippen molar-refractivity contribution in [2.75, 3.05) is 0 Å². The Labute approximate surface area is 202 Å². The van der Waals surface area contributed by atoms with Gasteiger partial charge in [0, 0.05) is 20.9 Å². The second-order valence-electron chi connectivity index (χ2n) is 9.40. The van der Waals surface area contributed by atoms with E-state index in [9.17, 15) is 9.59 Å². The van der Waals surface area contributed by atoms with Gasteiger partial charge in [-0.05, 0) is 67.1 Å². The van der Waals surface area contributed by atoms with Gasteiger partial charge in [0.2, 0.25) is 11.6 Å². The molecule has 33 heavy (non-hydrogen) atoms. The van der Waals surface area contributed by atoms with Gasteiger partial charge in [-0.1, -0.05) is 81.7 Å². The summed E-state index contributed by atoms with van der Waals surface area (Å²) in [7, 11) is 0. The molecular formula is C30H34O2S. The van der Waals surface area contributed by atoms with Crippen LogP contribution in [0.25, 0.3) is 21.6 Å². The smallest absolute Gasteiger partial charge is 0.234 e. The molecule has 0 radical (unpaired) electrons. The number of fused-ring (bicyclic) bond motifs is 3. The van der Waals surface area contributed by atoms with Crippen molar-refractivity contribution in [2.24, 2.45) is 0 Å². The van der Waals surface area contributed by atoms with Gasteiger partial charge in [-0.15, -0.1) is 11.3 Å². The normalized spacial score (nSPS) is 12.7. The highest BCUT2D eigenvalue weighted by atomic mass is 32.1. The van der Waals surface area contributed by atoms with E-state index < -0.39 is 0 Å². The number of ketones is 2. The van der Waals surface area contributed by atoms with Gasteiger partial charge in [-0.2, -0.15) is 0 Å². The second-order valence-corrected chi connectivity index (χ2v) is 10.7. The Morgan fingerprint density at radius 1 is 0.667 bits per heavy atom. The fraction of sp³-hybridized carbons (Fsp3) is 0.400. The van der Waals surface area contributed by atoms with Crippen LogP contribution >= 0.6 is 11.3 Å². The van der Waals surface area contributed by atoms with Crippen LogP contribution in [0, 0.1) is 13.8 Å². The first kappa shape index (κ1) is 23.6. The first-order valence-electron chi connectivity index (χ1n) is 12.4. The van der Waals surface area contributed by atoms with Gasteiger partial charge in [-0.25, -0.2) is 0 Å². The predicted octanol–water partition coefficient (Wildman–Crippen LogP) is 8.76. The van der Waals surface area contributed by atoms with Gasteiger partial charge in [0.1, 0.15) is 0 Å². The third-order valence-electron chi connectivity index (χ3n) is 6.67. The molecule has 0 bridgehead atoms. The van der Waals surface area contributed by atoms with E-state index in [1.54, 1.807) is 11.3 Å². The molecule has 0 unspecified atom stereocenters. The average Bonchev–Trinajstić information content (AvgIpc) is 3.19. The highest BCUT2D eigenvalue weighted by molar-refractivity contribution is 7.15. The fourth-order valence-electron chi connectivity index (χ4n) is 4.88. The number of hydrogen-bond acceptors (Lipinski definition) is 3. The maximum Gasteiger partial charge on any atom is 0.234 e. The molecule has 4 rings (SSSR count). The van der Waals surface area contributed by atoms with E-state index in [0.717, 1.165) is 28.7 Å². The molecule has 3 heteroatoms. The minimum absolute atomic E-state index is 0.386. The Morgan fingerprint density at radius 2 is 1.27 bits per heavy atom. The topological polar surface area (TPSA) is 34.1 Å². The van der Waals surface area contributed by atoms with Crippen LogP contribution in [0.15, 0.2) is 42.5 Å². The Bertz CT molecular complexity index is 1170. The Morgan fingerprint density at radius 3 is 1.97 bits per heavy atom. The van der Waals surface area contributed by atoms with Crippen LogP contribution in [-0.4, -0.2) is 11.6 Å². The third-order valence-corrected chi connectivity index (χ3v) is 7.82. The molecule has 1 aliphatic rings. The molecule has 0 saturated carbocycles. The molecule has 1 aromatic heterocycles. The molecule has 0 atom stereocenters. The molecular weight excluding hydrogens is 424 g/mol. The van der Waals surface area contributed by atoms with Crippen molar-refractivity contribution in [1.29, 1.82) is 0 Å². The Balaban J connectivity index is 1.51. The highest BCUT2D eigenvalue weighted by Gasteiger charge is 2.30. The lowest BCUT2D eigenvalue weighted by molar-refractivity contribution is 0.0815. The maximum atomic E-state index is 13.0. The van der Waals surface area contributed by atoms with E-state index in [4.69, 9.17) is 0 Å². The van der Waals surface area contributed by atoms with Crippen LogP contribution < -0.4 is 0 Å². The summed E-state index contributed by atoms with van der Waals surface area (Å²) in [6.45, 7) is 6.36. The number of carbonyl (C=O) groups excluding carboxylic acids is 2. The van der Waals surface area contributed by atoms with Crippen LogP contribution in [0.4, 0.5) is 0 Å². The quantitative estimate of drug-likeness (QED) is 0.225. The number of Topliss-reactive ketones (excluding diaryl/α,β-unsaturated/α-hetero) is 2. The van der Waals surface area contributed by atoms with Crippen molar-refractivity contribution in [1.82, 2.24) is 0 Å². The number of unbranched alkanes of at least 4 members (excludes halogenated alkanes) is 7. The molecule has 0 spiro atoms. The molecule has 0 fully saturated rings. The molecule has 0 aliphatic heterocycles. The number of thiophene rings is 1. The minimum Gasteiger partial charge on any atom is -0.285 e. The number of benzene rings is 2. The van der Waals surface area contributed by atoms with Gasteiger partial charge >= 0.3 is 0 Å². The van der Waals surface area contributed by atoms with Gasteiger partial charge in [0.15, 0.2) is 0 Å². The fourth-order valence-corrected chi connectivity index (χ4v) is 5.94. The first-order chi connectivity index (χ1) is 16.0. The van der Waals surface area contributed by atoms with E-state index >= 15 is 0 Å². The predicted molar refractivity (Wildman–Crippen MR) is 140 cm³/mol. The summed E-state index contributed by atoms with van der Waals surface area (Å²) in [5.74, 6) is -0.775. The Kier molecular flexibility index (Phi) is 7.60. The van der Waals surface area contributed by atoms with E-state index in [1.165, 1.54) is 66.7 Å². The largest absolute Gasteiger partial charge is 0.285 e. The zero-order valence-electron chi connectivity index (χ0n) is 20.1. The molecule has 1 aliphatic carbocycles. The molecule has 2 aromatic carbocycles. The van der Waals surface area contributed by atoms with E-state index in [2.05, 4.69) is 26.0 Å². The molecule has 172 valence electrons. The first-order valence-corrected chi connectivity index (χ1v) is 13.2. The van der Waals surface area contributed by atoms with Crippen LogP contribution in [0.1, 0.15) is 95.0 Å². The number of rotatable bonds is 10. The van der Waals surface area contributed by atoms with Crippen LogP contribution in [0.2, 0.25) is 0 Å². The average molecular weight is 459 g/mol. The van der Waals surface area contributed by atoms with E-state index in [1.807, 2.05) is 37.3 Å². The number of carbonyl (C=O) groups is 2. The second kappa shape index (κ2) is 10.6. The van der Waals surface area contributed by atoms with E-state index in [-0.39, 0.29) is 11.6 Å². The monoisotopic (exact) mass is 458 g/mol. The maximum absolute atomic E-state index is 13.0. The summed E-state index contributed by atoms with van der Waals surface area (Å²) in [5, 5.41) is 0. The van der Waals surface area contributed by atoms with Gasteiger partial charge in [0.05, 0.1) is 0 Å². The third kappa shape index (κ3) is 5.19. The molecule has 2 nitrogen and oxygen atoms in total. The van der Waals surface area contributed by atoms with Gasteiger partial charge < -0.3 is 0 Å². The summed E-state index contributed by atoms with van der Waals surface area (Å²) in [6, 6.07) is 14.2. The summed E-state index contributed by atoms with van der Waals surface area (Å²) < 4.78 is 0. The van der Waals surface area contributed by atoms with E-state index in [0.29, 0.717) is 11.1 Å². The molecule has 1 heterocycles. The van der Waals surface area contributed by atoms with Crippen molar-refractivity contribution in [3.05, 3.63) is 69.6 Å². The van der Waals surface area contributed by atoms with Crippen molar-refractivity contribution < 1.29 is 9.59 Å². The van der Waals surface area contributed by atoms with Gasteiger partial charge in [-0.3, -0.25) is 9.59 Å². The van der Waals surface area contributed by atoms with Crippen molar-refractivity contribution in [2.45, 2.75) is 78.6 Å². The zero-order valence-corrected chi connectivity index (χ0v) is 20.9. The standard InChI is InChI=1S/C30H34O2S/c1-4-5-6-7-8-9-10-11-12-22-18-21(3)33-30(22)23-14-16-25-24-15-13-20(2)17-26(24)28(31)29(32)27(25)19-23/h13-19H,4-12H2,1-3H3. The molecule has 3 aromatic rings. The minimum atomic E-state index is -0.389. The summed E-state index contributed by atoms with van der Waals surface area (Å²) in [5.41, 5.74) is 6.23. The lowest BCUT2D eigenvalue weighted by Crippen LogP contribution is -2.21. The molecule has 0 N–H and O–H groups in total. The summed E-state index contributed by atoms with van der Waals surface area (Å²) in [6.07, 6.45) is 11.6. The lowest BCUT2D eigenvalue weighted by atomic mass is 9.82. The highest BCUT2D eigenvalue weighted by Crippen LogP contribution is 2.39.